The Morgan fingerprint density at radius 3 is 2.27 bits per heavy atom. The maximum Gasteiger partial charge on any atom is 0.279 e. The Balaban J connectivity index is 1.84. The van der Waals surface area contributed by atoms with Crippen LogP contribution >= 0.6 is 11.6 Å². The summed E-state index contributed by atoms with van der Waals surface area (Å²) < 4.78 is 5.45. The molecule has 0 aromatic heterocycles. The van der Waals surface area contributed by atoms with Crippen LogP contribution in [0.2, 0.25) is 5.02 Å². The number of hydrogen-bond acceptors (Lipinski definition) is 3. The van der Waals surface area contributed by atoms with Crippen LogP contribution in [-0.4, -0.2) is 17.9 Å². The zero-order valence-electron chi connectivity index (χ0n) is 11.9. The van der Waals surface area contributed by atoms with Crippen LogP contribution in [0.3, 0.4) is 0 Å². The van der Waals surface area contributed by atoms with Gasteiger partial charge in [-0.3, -0.25) is 20.4 Å². The molecule has 0 aliphatic heterocycles. The maximum absolute atomic E-state index is 11.9. The molecule has 1 unspecified atom stereocenters. The van der Waals surface area contributed by atoms with Crippen LogP contribution in [0.5, 0.6) is 5.75 Å². The predicted octanol–water partition coefficient (Wildman–Crippen LogP) is 2.57. The highest BCUT2D eigenvalue weighted by molar-refractivity contribution is 6.30. The largest absolute Gasteiger partial charge is 0.481 e. The van der Waals surface area contributed by atoms with Crippen molar-refractivity contribution < 1.29 is 14.3 Å². The van der Waals surface area contributed by atoms with E-state index >= 15 is 0 Å². The molecular weight excluding hydrogens is 304 g/mol. The van der Waals surface area contributed by atoms with E-state index in [1.165, 1.54) is 0 Å². The first-order chi connectivity index (χ1) is 10.6. The smallest absolute Gasteiger partial charge is 0.279 e. The molecule has 0 spiro atoms. The van der Waals surface area contributed by atoms with E-state index in [0.29, 0.717) is 16.3 Å². The molecule has 2 amide bonds. The minimum absolute atomic E-state index is 0.396. The van der Waals surface area contributed by atoms with Crippen LogP contribution in [-0.2, 0) is 4.79 Å². The molecule has 2 aromatic carbocycles. The van der Waals surface area contributed by atoms with Gasteiger partial charge in [-0.25, -0.2) is 0 Å². The number of amides is 2. The van der Waals surface area contributed by atoms with E-state index < -0.39 is 17.9 Å². The summed E-state index contributed by atoms with van der Waals surface area (Å²) in [6, 6.07) is 15.2. The third kappa shape index (κ3) is 4.49. The molecule has 0 saturated heterocycles. The van der Waals surface area contributed by atoms with Gasteiger partial charge in [0.15, 0.2) is 6.10 Å². The summed E-state index contributed by atoms with van der Waals surface area (Å²) in [5, 5.41) is 0.583. The quantitative estimate of drug-likeness (QED) is 0.851. The normalized spacial score (nSPS) is 11.4. The van der Waals surface area contributed by atoms with Gasteiger partial charge in [-0.15, -0.1) is 0 Å². The van der Waals surface area contributed by atoms with Crippen molar-refractivity contribution in [3.8, 4) is 5.75 Å². The topological polar surface area (TPSA) is 67.4 Å². The molecule has 22 heavy (non-hydrogen) atoms. The van der Waals surface area contributed by atoms with E-state index in [1.54, 1.807) is 61.5 Å². The van der Waals surface area contributed by atoms with Crippen molar-refractivity contribution in [1.29, 1.82) is 0 Å². The second-order valence-corrected chi connectivity index (χ2v) is 4.96. The minimum atomic E-state index is -0.766. The number of carbonyl (C=O) groups is 2. The van der Waals surface area contributed by atoms with Gasteiger partial charge in [0, 0.05) is 10.6 Å². The molecule has 0 fully saturated rings. The van der Waals surface area contributed by atoms with E-state index in [2.05, 4.69) is 10.9 Å². The lowest BCUT2D eigenvalue weighted by Gasteiger charge is -2.15. The fraction of sp³-hybridized carbons (Fsp3) is 0.125. The monoisotopic (exact) mass is 318 g/mol. The first-order valence-corrected chi connectivity index (χ1v) is 7.01. The summed E-state index contributed by atoms with van der Waals surface area (Å²) in [6.07, 6.45) is -0.766. The lowest BCUT2D eigenvalue weighted by Crippen LogP contribution is -2.47. The first-order valence-electron chi connectivity index (χ1n) is 6.64. The summed E-state index contributed by atoms with van der Waals surface area (Å²) >= 11 is 5.77. The fourth-order valence-electron chi connectivity index (χ4n) is 1.65. The van der Waals surface area contributed by atoms with E-state index in [4.69, 9.17) is 16.3 Å². The van der Waals surface area contributed by atoms with Gasteiger partial charge in [0.2, 0.25) is 0 Å². The number of hydrogen-bond donors (Lipinski definition) is 2. The Kier molecular flexibility index (Phi) is 5.38. The molecular formula is C16H15ClN2O3. The molecule has 0 aliphatic carbocycles. The van der Waals surface area contributed by atoms with Crippen molar-refractivity contribution in [1.82, 2.24) is 10.9 Å². The highest BCUT2D eigenvalue weighted by atomic mass is 35.5. The third-order valence-corrected chi connectivity index (χ3v) is 3.08. The number of rotatable bonds is 4. The maximum atomic E-state index is 11.9. The summed E-state index contributed by atoms with van der Waals surface area (Å²) in [5.41, 5.74) is 5.11. The number of ether oxygens (including phenoxy) is 1. The van der Waals surface area contributed by atoms with E-state index in [0.717, 1.165) is 0 Å². The van der Waals surface area contributed by atoms with Crippen molar-refractivity contribution in [3.05, 3.63) is 65.2 Å². The summed E-state index contributed by atoms with van der Waals surface area (Å²) in [4.78, 5) is 23.7. The van der Waals surface area contributed by atoms with Gasteiger partial charge < -0.3 is 4.74 Å². The highest BCUT2D eigenvalue weighted by Crippen LogP contribution is 2.16. The average molecular weight is 319 g/mol. The Hall–Kier alpha value is -2.53. The van der Waals surface area contributed by atoms with Gasteiger partial charge in [-0.05, 0) is 43.3 Å². The molecule has 2 N–H and O–H groups in total. The lowest BCUT2D eigenvalue weighted by atomic mass is 10.2. The van der Waals surface area contributed by atoms with Gasteiger partial charge in [-0.2, -0.15) is 0 Å². The Labute approximate surface area is 133 Å². The van der Waals surface area contributed by atoms with Gasteiger partial charge in [-0.1, -0.05) is 29.8 Å². The number of halogens is 1. The van der Waals surface area contributed by atoms with Crippen LogP contribution < -0.4 is 15.6 Å². The predicted molar refractivity (Wildman–Crippen MR) is 83.6 cm³/mol. The summed E-state index contributed by atoms with van der Waals surface area (Å²) in [5.74, 6) is -0.340. The molecule has 0 aliphatic rings. The van der Waals surface area contributed by atoms with Gasteiger partial charge in [0.1, 0.15) is 5.75 Å². The molecule has 0 bridgehead atoms. The molecule has 5 nitrogen and oxygen atoms in total. The van der Waals surface area contributed by atoms with E-state index in [9.17, 15) is 9.59 Å². The van der Waals surface area contributed by atoms with Crippen molar-refractivity contribution in [2.24, 2.45) is 0 Å². The Morgan fingerprint density at radius 1 is 1.00 bits per heavy atom. The third-order valence-electron chi connectivity index (χ3n) is 2.83. The Bertz CT molecular complexity index is 644. The van der Waals surface area contributed by atoms with Crippen LogP contribution in [0.15, 0.2) is 54.6 Å². The van der Waals surface area contributed by atoms with Crippen molar-refractivity contribution in [3.63, 3.8) is 0 Å². The number of nitrogens with one attached hydrogen (secondary N) is 2. The van der Waals surface area contributed by atoms with E-state index in [1.807, 2.05) is 0 Å². The molecule has 2 rings (SSSR count). The molecule has 0 saturated carbocycles. The van der Waals surface area contributed by atoms with Crippen LogP contribution in [0.25, 0.3) is 0 Å². The second-order valence-electron chi connectivity index (χ2n) is 4.52. The summed E-state index contributed by atoms with van der Waals surface area (Å²) in [7, 11) is 0. The second kappa shape index (κ2) is 7.47. The average Bonchev–Trinajstić information content (AvgIpc) is 2.55. The zero-order valence-corrected chi connectivity index (χ0v) is 12.6. The fourth-order valence-corrected chi connectivity index (χ4v) is 1.78. The standard InChI is InChI=1S/C16H15ClN2O3/c1-11(22-14-9-7-13(17)8-10-14)15(20)18-19-16(21)12-5-3-2-4-6-12/h2-11H,1H3,(H,18,20)(H,19,21). The van der Waals surface area contributed by atoms with Crippen LogP contribution in [0.1, 0.15) is 17.3 Å². The van der Waals surface area contributed by atoms with Crippen molar-refractivity contribution in [2.75, 3.05) is 0 Å². The van der Waals surface area contributed by atoms with Crippen molar-refractivity contribution >= 4 is 23.4 Å². The number of carbonyl (C=O) groups excluding carboxylic acids is 2. The molecule has 0 heterocycles. The van der Waals surface area contributed by atoms with Crippen LogP contribution in [0.4, 0.5) is 0 Å². The number of hydrazine groups is 1. The molecule has 0 radical (unpaired) electrons. The lowest BCUT2D eigenvalue weighted by molar-refractivity contribution is -0.128. The first kappa shape index (κ1) is 15.9. The van der Waals surface area contributed by atoms with Crippen molar-refractivity contribution in [2.45, 2.75) is 13.0 Å². The van der Waals surface area contributed by atoms with Gasteiger partial charge >= 0.3 is 0 Å². The number of benzene rings is 2. The molecule has 6 heteroatoms. The van der Waals surface area contributed by atoms with Gasteiger partial charge in [0.25, 0.3) is 11.8 Å². The highest BCUT2D eigenvalue weighted by Gasteiger charge is 2.15. The molecule has 114 valence electrons. The summed E-state index contributed by atoms with van der Waals surface area (Å²) in [6.45, 7) is 1.58. The van der Waals surface area contributed by atoms with Crippen LogP contribution in [0, 0.1) is 0 Å². The SMILES string of the molecule is CC(Oc1ccc(Cl)cc1)C(=O)NNC(=O)c1ccccc1. The minimum Gasteiger partial charge on any atom is -0.481 e. The van der Waals surface area contributed by atoms with Gasteiger partial charge in [0.05, 0.1) is 0 Å². The molecule has 2 aromatic rings. The zero-order chi connectivity index (χ0) is 15.9. The Morgan fingerprint density at radius 2 is 1.64 bits per heavy atom. The van der Waals surface area contributed by atoms with E-state index in [-0.39, 0.29) is 0 Å². The molecule has 1 atom stereocenters.